The lowest BCUT2D eigenvalue weighted by Gasteiger charge is -2.31. The third kappa shape index (κ3) is 7.98. The molecule has 1 aliphatic rings. The van der Waals surface area contributed by atoms with Gasteiger partial charge in [0.05, 0.1) is 6.61 Å². The first-order valence-corrected chi connectivity index (χ1v) is 17.1. The summed E-state index contributed by atoms with van der Waals surface area (Å²) in [6.45, 7) is 0.909. The van der Waals surface area contributed by atoms with E-state index in [0.717, 1.165) is 37.9 Å². The van der Waals surface area contributed by atoms with Crippen molar-refractivity contribution in [3.05, 3.63) is 159 Å². The average Bonchev–Trinajstić information content (AvgIpc) is 3.51. The predicted octanol–water partition coefficient (Wildman–Crippen LogP) is 8.39. The van der Waals surface area contributed by atoms with E-state index >= 15 is 0 Å². The molecule has 1 heterocycles. The fraction of sp³-hybridized carbons (Fsp3) is 0.200. The number of nitrogens with zero attached hydrogens (tertiary/aromatic N) is 1. The first kappa shape index (κ1) is 33.5. The van der Waals surface area contributed by atoms with Crippen LogP contribution in [0.15, 0.2) is 137 Å². The van der Waals surface area contributed by atoms with Crippen molar-refractivity contribution in [1.29, 1.82) is 0 Å². The SMILES string of the molecule is O=C(NCCc1ccc(Cl)cc1)[C@]1(Cc2ccc(Br)cc2)N=C(c2ccc(OCCCO)cc2)O[C@@H]1c1ccc(-c2ccccc2)cc1. The van der Waals surface area contributed by atoms with Crippen LogP contribution in [-0.2, 0) is 22.4 Å². The van der Waals surface area contributed by atoms with Crippen LogP contribution in [0.3, 0.4) is 0 Å². The largest absolute Gasteiger partial charge is 0.494 e. The lowest BCUT2D eigenvalue weighted by atomic mass is 9.81. The highest BCUT2D eigenvalue weighted by Crippen LogP contribution is 2.43. The van der Waals surface area contributed by atoms with E-state index in [2.05, 4.69) is 45.5 Å². The van der Waals surface area contributed by atoms with E-state index < -0.39 is 11.6 Å². The van der Waals surface area contributed by atoms with Crippen LogP contribution >= 0.6 is 27.5 Å². The standard InChI is InChI=1S/C40H36BrClN2O4/c41-34-17-7-29(8-18-34)27-40(39(46)43-24-23-28-9-19-35(42)20-10-28)37(32-13-11-31(12-14-32)30-5-2-1-3-6-30)48-38(44-40)33-15-21-36(22-16-33)47-26-4-25-45/h1-3,5-22,37,45H,4,23-27H2,(H,43,46)/t37-,40-/m1/s1. The monoisotopic (exact) mass is 722 g/mol. The summed E-state index contributed by atoms with van der Waals surface area (Å²) in [6, 6.07) is 41.4. The Balaban J connectivity index is 1.37. The Bertz CT molecular complexity index is 1830. The molecule has 0 aliphatic carbocycles. The Morgan fingerprint density at radius 3 is 2.17 bits per heavy atom. The molecule has 5 aromatic rings. The minimum atomic E-state index is -1.30. The molecule has 0 bridgehead atoms. The third-order valence-electron chi connectivity index (χ3n) is 8.35. The first-order valence-electron chi connectivity index (χ1n) is 16.0. The summed E-state index contributed by atoms with van der Waals surface area (Å²) >= 11 is 9.63. The van der Waals surface area contributed by atoms with Crippen LogP contribution in [0.2, 0.25) is 5.02 Å². The van der Waals surface area contributed by atoms with Crippen molar-refractivity contribution in [2.45, 2.75) is 30.9 Å². The van der Waals surface area contributed by atoms with Gasteiger partial charge in [-0.1, -0.05) is 106 Å². The molecule has 0 aromatic heterocycles. The lowest BCUT2D eigenvalue weighted by molar-refractivity contribution is -0.128. The van der Waals surface area contributed by atoms with E-state index in [1.54, 1.807) is 0 Å². The van der Waals surface area contributed by atoms with Gasteiger partial charge >= 0.3 is 0 Å². The summed E-state index contributed by atoms with van der Waals surface area (Å²) in [6.07, 6.45) is 0.818. The van der Waals surface area contributed by atoms with Crippen molar-refractivity contribution >= 4 is 39.3 Å². The number of ether oxygens (including phenoxy) is 2. The molecule has 0 saturated heterocycles. The Hall–Kier alpha value is -4.43. The topological polar surface area (TPSA) is 80.2 Å². The van der Waals surface area contributed by atoms with Gasteiger partial charge in [-0.15, -0.1) is 0 Å². The number of rotatable bonds is 13. The molecular formula is C40H36BrClN2O4. The number of hydrogen-bond donors (Lipinski definition) is 2. The van der Waals surface area contributed by atoms with Gasteiger partial charge in [0, 0.05) is 41.1 Å². The number of hydrogen-bond acceptors (Lipinski definition) is 5. The molecule has 6 nitrogen and oxygen atoms in total. The van der Waals surface area contributed by atoms with Gasteiger partial charge in [0.1, 0.15) is 5.75 Å². The number of aliphatic hydroxyl groups excluding tert-OH is 1. The minimum absolute atomic E-state index is 0.0681. The second-order valence-electron chi connectivity index (χ2n) is 11.7. The minimum Gasteiger partial charge on any atom is -0.494 e. The van der Waals surface area contributed by atoms with E-state index in [1.807, 2.05) is 103 Å². The van der Waals surface area contributed by atoms with Crippen molar-refractivity contribution in [3.63, 3.8) is 0 Å². The summed E-state index contributed by atoms with van der Waals surface area (Å²) in [7, 11) is 0. The second kappa shape index (κ2) is 15.6. The molecule has 5 aromatic carbocycles. The maximum atomic E-state index is 14.6. The lowest BCUT2D eigenvalue weighted by Crippen LogP contribution is -2.50. The Morgan fingerprint density at radius 2 is 1.48 bits per heavy atom. The van der Waals surface area contributed by atoms with Crippen LogP contribution in [0, 0.1) is 0 Å². The van der Waals surface area contributed by atoms with Gasteiger partial charge in [-0.25, -0.2) is 4.99 Å². The molecule has 0 fully saturated rings. The van der Waals surface area contributed by atoms with Gasteiger partial charge in [0.2, 0.25) is 5.90 Å². The smallest absolute Gasteiger partial charge is 0.252 e. The maximum absolute atomic E-state index is 14.6. The molecule has 0 saturated carbocycles. The van der Waals surface area contributed by atoms with Crippen LogP contribution in [0.4, 0.5) is 0 Å². The van der Waals surface area contributed by atoms with Gasteiger partial charge in [-0.2, -0.15) is 0 Å². The Kier molecular flexibility index (Phi) is 10.9. The van der Waals surface area contributed by atoms with Crippen LogP contribution in [0.1, 0.15) is 34.8 Å². The van der Waals surface area contributed by atoms with E-state index in [1.165, 1.54) is 0 Å². The number of carbonyl (C=O) groups is 1. The molecule has 244 valence electrons. The van der Waals surface area contributed by atoms with Crippen LogP contribution in [-0.4, -0.2) is 42.2 Å². The van der Waals surface area contributed by atoms with E-state index in [0.29, 0.717) is 49.1 Å². The van der Waals surface area contributed by atoms with Gasteiger partial charge in [0.25, 0.3) is 5.91 Å². The molecule has 48 heavy (non-hydrogen) atoms. The normalized spacial score (nSPS) is 17.0. The van der Waals surface area contributed by atoms with Crippen molar-refractivity contribution in [1.82, 2.24) is 5.32 Å². The number of benzene rings is 5. The Morgan fingerprint density at radius 1 is 0.833 bits per heavy atom. The van der Waals surface area contributed by atoms with Crippen LogP contribution in [0.25, 0.3) is 11.1 Å². The second-order valence-corrected chi connectivity index (χ2v) is 13.1. The van der Waals surface area contributed by atoms with E-state index in [4.69, 9.17) is 31.2 Å². The van der Waals surface area contributed by atoms with Crippen molar-refractivity contribution in [2.24, 2.45) is 4.99 Å². The number of nitrogens with one attached hydrogen (secondary N) is 1. The summed E-state index contributed by atoms with van der Waals surface area (Å²) in [5, 5.41) is 13.0. The number of aliphatic hydroxyl groups is 1. The number of aliphatic imine (C=N–C) groups is 1. The van der Waals surface area contributed by atoms with Gasteiger partial charge < -0.3 is 19.9 Å². The highest BCUT2D eigenvalue weighted by molar-refractivity contribution is 9.10. The summed E-state index contributed by atoms with van der Waals surface area (Å²) in [5.74, 6) is 0.856. The van der Waals surface area contributed by atoms with Crippen molar-refractivity contribution < 1.29 is 19.4 Å². The first-order chi connectivity index (χ1) is 23.4. The van der Waals surface area contributed by atoms with Gasteiger partial charge in [0.15, 0.2) is 11.6 Å². The summed E-state index contributed by atoms with van der Waals surface area (Å²) in [4.78, 5) is 19.7. The molecule has 0 unspecified atom stereocenters. The van der Waals surface area contributed by atoms with E-state index in [-0.39, 0.29) is 12.5 Å². The number of amides is 1. The molecule has 1 aliphatic heterocycles. The highest BCUT2D eigenvalue weighted by Gasteiger charge is 2.53. The Labute approximate surface area is 294 Å². The van der Waals surface area contributed by atoms with Crippen LogP contribution in [0.5, 0.6) is 5.75 Å². The molecule has 2 atom stereocenters. The van der Waals surface area contributed by atoms with Crippen LogP contribution < -0.4 is 10.1 Å². The molecule has 2 N–H and O–H groups in total. The molecule has 0 radical (unpaired) electrons. The zero-order valence-electron chi connectivity index (χ0n) is 26.3. The molecule has 0 spiro atoms. The zero-order chi connectivity index (χ0) is 33.3. The fourth-order valence-corrected chi connectivity index (χ4v) is 6.19. The van der Waals surface area contributed by atoms with Gasteiger partial charge in [-0.05, 0) is 82.8 Å². The quantitative estimate of drug-likeness (QED) is 0.120. The molecule has 8 heteroatoms. The van der Waals surface area contributed by atoms with Gasteiger partial charge in [-0.3, -0.25) is 4.79 Å². The predicted molar refractivity (Wildman–Crippen MR) is 195 cm³/mol. The van der Waals surface area contributed by atoms with E-state index in [9.17, 15) is 4.79 Å². The number of carbonyl (C=O) groups excluding carboxylic acids is 1. The highest BCUT2D eigenvalue weighted by atomic mass is 79.9. The summed E-state index contributed by atoms with van der Waals surface area (Å²) in [5.41, 5.74) is 4.50. The maximum Gasteiger partial charge on any atom is 0.252 e. The zero-order valence-corrected chi connectivity index (χ0v) is 28.7. The molecule has 6 rings (SSSR count). The van der Waals surface area contributed by atoms with Crippen molar-refractivity contribution in [2.75, 3.05) is 19.8 Å². The fourth-order valence-electron chi connectivity index (χ4n) is 5.80. The average molecular weight is 724 g/mol. The molecular weight excluding hydrogens is 688 g/mol. The number of halogens is 2. The van der Waals surface area contributed by atoms with Crippen molar-refractivity contribution in [3.8, 4) is 16.9 Å². The molecule has 1 amide bonds. The summed E-state index contributed by atoms with van der Waals surface area (Å²) < 4.78 is 13.4. The third-order valence-corrected chi connectivity index (χ3v) is 9.13.